The van der Waals surface area contributed by atoms with Gasteiger partial charge in [-0.1, -0.05) is 18.2 Å². The van der Waals surface area contributed by atoms with E-state index in [2.05, 4.69) is 36.4 Å². The van der Waals surface area contributed by atoms with E-state index >= 15 is 0 Å². The predicted molar refractivity (Wildman–Crippen MR) is 74.4 cm³/mol. The molecule has 0 spiro atoms. The van der Waals surface area contributed by atoms with Crippen molar-refractivity contribution in [2.75, 3.05) is 13.6 Å². The first-order chi connectivity index (χ1) is 8.42. The standard InChI is InChI=1S/C14H22FN3/c1-14(2,3)18-13(16-4)17-10-9-11-7-5-6-8-12(11)15/h5-8H,9-10H2,1-4H3,(H2,16,17,18). The molecule has 0 saturated heterocycles. The van der Waals surface area contributed by atoms with Crippen LogP contribution in [0.3, 0.4) is 0 Å². The summed E-state index contributed by atoms with van der Waals surface area (Å²) >= 11 is 0. The van der Waals surface area contributed by atoms with Crippen molar-refractivity contribution in [1.29, 1.82) is 0 Å². The lowest BCUT2D eigenvalue weighted by atomic mass is 10.1. The van der Waals surface area contributed by atoms with Crippen molar-refractivity contribution in [3.05, 3.63) is 35.6 Å². The molecular formula is C14H22FN3. The third-order valence-electron chi connectivity index (χ3n) is 2.36. The molecule has 2 N–H and O–H groups in total. The number of rotatable bonds is 3. The van der Waals surface area contributed by atoms with Gasteiger partial charge in [0.2, 0.25) is 0 Å². The molecule has 0 aliphatic rings. The number of aliphatic imine (C=N–C) groups is 1. The normalized spacial score (nSPS) is 12.4. The van der Waals surface area contributed by atoms with E-state index in [-0.39, 0.29) is 11.4 Å². The molecule has 0 unspecified atom stereocenters. The lowest BCUT2D eigenvalue weighted by Crippen LogP contribution is -2.48. The minimum absolute atomic E-state index is 0.0418. The SMILES string of the molecule is CN=C(NCCc1ccccc1F)NC(C)(C)C. The molecule has 100 valence electrons. The van der Waals surface area contributed by atoms with Gasteiger partial charge < -0.3 is 10.6 Å². The third kappa shape index (κ3) is 5.17. The Balaban J connectivity index is 2.44. The first-order valence-electron chi connectivity index (χ1n) is 6.14. The molecule has 18 heavy (non-hydrogen) atoms. The highest BCUT2D eigenvalue weighted by Gasteiger charge is 2.11. The summed E-state index contributed by atoms with van der Waals surface area (Å²) in [7, 11) is 1.73. The zero-order valence-electron chi connectivity index (χ0n) is 11.5. The lowest BCUT2D eigenvalue weighted by Gasteiger charge is -2.23. The molecule has 0 amide bonds. The molecule has 0 saturated carbocycles. The molecule has 0 aromatic heterocycles. The Labute approximate surface area is 109 Å². The summed E-state index contributed by atoms with van der Waals surface area (Å²) < 4.78 is 13.4. The minimum Gasteiger partial charge on any atom is -0.356 e. The molecule has 0 bridgehead atoms. The highest BCUT2D eigenvalue weighted by atomic mass is 19.1. The van der Waals surface area contributed by atoms with E-state index in [0.717, 1.165) is 11.5 Å². The van der Waals surface area contributed by atoms with E-state index in [0.29, 0.717) is 13.0 Å². The third-order valence-corrected chi connectivity index (χ3v) is 2.36. The van der Waals surface area contributed by atoms with Gasteiger partial charge in [-0.25, -0.2) is 4.39 Å². The van der Waals surface area contributed by atoms with Crippen molar-refractivity contribution in [3.63, 3.8) is 0 Å². The second-order valence-corrected chi connectivity index (χ2v) is 5.22. The Morgan fingerprint density at radius 2 is 1.94 bits per heavy atom. The Bertz CT molecular complexity index is 408. The van der Waals surface area contributed by atoms with Crippen LogP contribution >= 0.6 is 0 Å². The number of nitrogens with one attached hydrogen (secondary N) is 2. The Morgan fingerprint density at radius 1 is 1.28 bits per heavy atom. The van der Waals surface area contributed by atoms with Crippen molar-refractivity contribution in [3.8, 4) is 0 Å². The molecule has 0 aliphatic carbocycles. The van der Waals surface area contributed by atoms with Gasteiger partial charge in [0.25, 0.3) is 0 Å². The zero-order valence-corrected chi connectivity index (χ0v) is 11.5. The van der Waals surface area contributed by atoms with Crippen LogP contribution in [-0.4, -0.2) is 25.1 Å². The molecule has 3 nitrogen and oxygen atoms in total. The molecule has 0 heterocycles. The zero-order chi connectivity index (χ0) is 13.6. The molecule has 0 fully saturated rings. The van der Waals surface area contributed by atoms with Crippen LogP contribution in [0.15, 0.2) is 29.3 Å². The summed E-state index contributed by atoms with van der Waals surface area (Å²) in [6, 6.07) is 6.83. The molecular weight excluding hydrogens is 229 g/mol. The molecule has 4 heteroatoms. The summed E-state index contributed by atoms with van der Waals surface area (Å²) in [4.78, 5) is 4.13. The summed E-state index contributed by atoms with van der Waals surface area (Å²) in [5.74, 6) is 0.580. The van der Waals surface area contributed by atoms with Crippen LogP contribution in [-0.2, 0) is 6.42 Å². The van der Waals surface area contributed by atoms with Crippen LogP contribution in [0.2, 0.25) is 0 Å². The summed E-state index contributed by atoms with van der Waals surface area (Å²) in [6.07, 6.45) is 0.636. The fourth-order valence-electron chi connectivity index (χ4n) is 1.55. The van der Waals surface area contributed by atoms with Crippen molar-refractivity contribution >= 4 is 5.96 Å². The average Bonchev–Trinajstić information content (AvgIpc) is 2.28. The summed E-state index contributed by atoms with van der Waals surface area (Å²) in [5.41, 5.74) is 0.677. The Kier molecular flexibility index (Phi) is 5.13. The van der Waals surface area contributed by atoms with Crippen LogP contribution in [0, 0.1) is 5.82 Å². The topological polar surface area (TPSA) is 36.4 Å². The van der Waals surface area contributed by atoms with Gasteiger partial charge in [-0.2, -0.15) is 0 Å². The number of hydrogen-bond acceptors (Lipinski definition) is 1. The molecule has 1 aromatic rings. The number of benzene rings is 1. The van der Waals surface area contributed by atoms with Gasteiger partial charge in [-0.05, 0) is 38.8 Å². The molecule has 0 aliphatic heterocycles. The molecule has 1 rings (SSSR count). The smallest absolute Gasteiger partial charge is 0.191 e. The largest absolute Gasteiger partial charge is 0.356 e. The summed E-state index contributed by atoms with van der Waals surface area (Å²) in [5, 5.41) is 6.43. The first-order valence-corrected chi connectivity index (χ1v) is 6.14. The van der Waals surface area contributed by atoms with E-state index in [9.17, 15) is 4.39 Å². The molecule has 1 aromatic carbocycles. The first kappa shape index (κ1) is 14.5. The maximum atomic E-state index is 13.4. The van der Waals surface area contributed by atoms with Gasteiger partial charge in [0.05, 0.1) is 0 Å². The number of halogens is 1. The monoisotopic (exact) mass is 251 g/mol. The quantitative estimate of drug-likeness (QED) is 0.639. The number of nitrogens with zero attached hydrogens (tertiary/aromatic N) is 1. The van der Waals surface area contributed by atoms with Crippen molar-refractivity contribution in [2.24, 2.45) is 4.99 Å². The maximum absolute atomic E-state index is 13.4. The summed E-state index contributed by atoms with van der Waals surface area (Å²) in [6.45, 7) is 6.85. The van der Waals surface area contributed by atoms with E-state index in [1.165, 1.54) is 6.07 Å². The number of hydrogen-bond donors (Lipinski definition) is 2. The van der Waals surface area contributed by atoms with E-state index in [1.807, 2.05) is 6.07 Å². The number of guanidine groups is 1. The lowest BCUT2D eigenvalue weighted by molar-refractivity contribution is 0.501. The van der Waals surface area contributed by atoms with Crippen LogP contribution in [0.5, 0.6) is 0 Å². The van der Waals surface area contributed by atoms with Crippen LogP contribution in [0.4, 0.5) is 4.39 Å². The van der Waals surface area contributed by atoms with Crippen molar-refractivity contribution in [1.82, 2.24) is 10.6 Å². The van der Waals surface area contributed by atoms with Gasteiger partial charge in [0.15, 0.2) is 5.96 Å². The molecule has 0 radical (unpaired) electrons. The van der Waals surface area contributed by atoms with Crippen LogP contribution < -0.4 is 10.6 Å². The fraction of sp³-hybridized carbons (Fsp3) is 0.500. The van der Waals surface area contributed by atoms with Gasteiger partial charge in [0, 0.05) is 19.1 Å². The Morgan fingerprint density at radius 3 is 2.50 bits per heavy atom. The van der Waals surface area contributed by atoms with Gasteiger partial charge in [-0.3, -0.25) is 4.99 Å². The second-order valence-electron chi connectivity index (χ2n) is 5.22. The highest BCUT2D eigenvalue weighted by molar-refractivity contribution is 5.80. The van der Waals surface area contributed by atoms with Crippen molar-refractivity contribution in [2.45, 2.75) is 32.7 Å². The van der Waals surface area contributed by atoms with Crippen LogP contribution in [0.1, 0.15) is 26.3 Å². The Hall–Kier alpha value is -1.58. The molecule has 0 atom stereocenters. The van der Waals surface area contributed by atoms with E-state index < -0.39 is 0 Å². The highest BCUT2D eigenvalue weighted by Crippen LogP contribution is 2.06. The van der Waals surface area contributed by atoms with Gasteiger partial charge in [0.1, 0.15) is 5.82 Å². The fourth-order valence-corrected chi connectivity index (χ4v) is 1.55. The predicted octanol–water partition coefficient (Wildman–Crippen LogP) is 2.33. The van der Waals surface area contributed by atoms with E-state index in [4.69, 9.17) is 0 Å². The van der Waals surface area contributed by atoms with Gasteiger partial charge >= 0.3 is 0 Å². The second kappa shape index (κ2) is 6.38. The van der Waals surface area contributed by atoms with E-state index in [1.54, 1.807) is 19.2 Å². The van der Waals surface area contributed by atoms with Crippen LogP contribution in [0.25, 0.3) is 0 Å². The average molecular weight is 251 g/mol. The van der Waals surface area contributed by atoms with Crippen molar-refractivity contribution < 1.29 is 4.39 Å². The minimum atomic E-state index is -0.155. The van der Waals surface area contributed by atoms with Gasteiger partial charge in [-0.15, -0.1) is 0 Å². The maximum Gasteiger partial charge on any atom is 0.191 e.